The van der Waals surface area contributed by atoms with E-state index < -0.39 is 0 Å². The van der Waals surface area contributed by atoms with Gasteiger partial charge in [-0.15, -0.1) is 11.3 Å². The van der Waals surface area contributed by atoms with Gasteiger partial charge in [0, 0.05) is 6.20 Å². The van der Waals surface area contributed by atoms with Crippen molar-refractivity contribution >= 4 is 27.5 Å². The molecule has 3 N–H and O–H groups in total. The maximum absolute atomic E-state index is 11.6. The molecule has 0 aliphatic carbocycles. The maximum atomic E-state index is 11.6. The van der Waals surface area contributed by atoms with Crippen LogP contribution < -0.4 is 20.7 Å². The number of benzene rings is 1. The second kappa shape index (κ2) is 6.64. The van der Waals surface area contributed by atoms with Gasteiger partial charge in [0.25, 0.3) is 5.91 Å². The van der Waals surface area contributed by atoms with Gasteiger partial charge in [-0.2, -0.15) is 0 Å². The lowest BCUT2D eigenvalue weighted by molar-refractivity contribution is 0.0958. The van der Waals surface area contributed by atoms with Crippen molar-refractivity contribution < 1.29 is 14.3 Å². The van der Waals surface area contributed by atoms with Crippen LogP contribution in [0.4, 0.5) is 0 Å². The van der Waals surface area contributed by atoms with E-state index >= 15 is 0 Å². The Labute approximate surface area is 136 Å². The summed E-state index contributed by atoms with van der Waals surface area (Å²) < 4.78 is 11.1. The number of fused-ring (bicyclic) bond motifs is 1. The normalized spacial score (nSPS) is 10.5. The lowest BCUT2D eigenvalue weighted by atomic mass is 10.2. The Kier molecular flexibility index (Phi) is 4.40. The number of thiophene rings is 1. The van der Waals surface area contributed by atoms with Crippen LogP contribution in [0.1, 0.15) is 15.2 Å². The highest BCUT2D eigenvalue weighted by atomic mass is 32.1. The first-order valence-electron chi connectivity index (χ1n) is 6.86. The monoisotopic (exact) mass is 329 g/mol. The van der Waals surface area contributed by atoms with Gasteiger partial charge in [0.1, 0.15) is 22.9 Å². The molecule has 0 saturated heterocycles. The summed E-state index contributed by atoms with van der Waals surface area (Å²) in [6, 6.07) is 11.2. The predicted molar refractivity (Wildman–Crippen MR) is 88.6 cm³/mol. The molecule has 0 unspecified atom stereocenters. The van der Waals surface area contributed by atoms with E-state index in [2.05, 4.69) is 10.4 Å². The van der Waals surface area contributed by atoms with Crippen LogP contribution in [-0.2, 0) is 6.61 Å². The number of nitrogen functional groups attached to an aromatic ring is 1. The van der Waals surface area contributed by atoms with E-state index in [4.69, 9.17) is 15.3 Å². The zero-order valence-corrected chi connectivity index (χ0v) is 13.2. The Balaban J connectivity index is 1.84. The lowest BCUT2D eigenvalue weighted by Crippen LogP contribution is -2.29. The van der Waals surface area contributed by atoms with Crippen molar-refractivity contribution in [2.75, 3.05) is 7.11 Å². The van der Waals surface area contributed by atoms with E-state index in [9.17, 15) is 4.79 Å². The van der Waals surface area contributed by atoms with Crippen molar-refractivity contribution in [3.8, 4) is 11.5 Å². The first-order valence-corrected chi connectivity index (χ1v) is 7.68. The molecular formula is C16H15N3O3S. The van der Waals surface area contributed by atoms with E-state index in [0.717, 1.165) is 21.5 Å². The third-order valence-electron chi connectivity index (χ3n) is 3.28. The molecule has 3 aromatic rings. The Morgan fingerprint density at radius 3 is 3.00 bits per heavy atom. The number of hydrogen-bond donors (Lipinski definition) is 2. The fourth-order valence-electron chi connectivity index (χ4n) is 2.15. The first-order chi connectivity index (χ1) is 11.2. The molecule has 3 rings (SSSR count). The number of nitrogens with one attached hydrogen (secondary N) is 1. The van der Waals surface area contributed by atoms with Gasteiger partial charge in [-0.25, -0.2) is 10.8 Å². The number of methoxy groups -OCH3 is 1. The number of nitrogens with two attached hydrogens (primary N) is 1. The summed E-state index contributed by atoms with van der Waals surface area (Å²) in [5, 5.41) is 0.791. The number of amides is 1. The summed E-state index contributed by atoms with van der Waals surface area (Å²) in [6.07, 6.45) is 1.66. The predicted octanol–water partition coefficient (Wildman–Crippen LogP) is 2.49. The molecule has 1 amide bonds. The molecule has 7 heteroatoms. The first kappa shape index (κ1) is 15.3. The molecule has 0 bridgehead atoms. The molecule has 0 atom stereocenters. The summed E-state index contributed by atoms with van der Waals surface area (Å²) >= 11 is 1.27. The Hall–Kier alpha value is -2.64. The number of hydrogen-bond acceptors (Lipinski definition) is 6. The van der Waals surface area contributed by atoms with Crippen LogP contribution in [0.3, 0.4) is 0 Å². The van der Waals surface area contributed by atoms with Crippen LogP contribution in [-0.4, -0.2) is 18.0 Å². The van der Waals surface area contributed by atoms with Crippen LogP contribution in [0, 0.1) is 0 Å². The van der Waals surface area contributed by atoms with Crippen molar-refractivity contribution in [1.29, 1.82) is 0 Å². The van der Waals surface area contributed by atoms with Crippen molar-refractivity contribution in [2.24, 2.45) is 5.84 Å². The Bertz CT molecular complexity index is 847. The smallest absolute Gasteiger partial charge is 0.275 e. The van der Waals surface area contributed by atoms with Crippen LogP contribution in [0.5, 0.6) is 11.5 Å². The largest absolute Gasteiger partial charge is 0.497 e. The van der Waals surface area contributed by atoms with Gasteiger partial charge in [0.2, 0.25) is 0 Å². The minimum atomic E-state index is -0.341. The molecule has 0 aliphatic heterocycles. The second-order valence-corrected chi connectivity index (χ2v) is 5.78. The molecular weight excluding hydrogens is 314 g/mol. The quantitative estimate of drug-likeness (QED) is 0.427. The minimum absolute atomic E-state index is 0.341. The van der Waals surface area contributed by atoms with Gasteiger partial charge in [-0.05, 0) is 29.8 Å². The molecule has 0 saturated carbocycles. The average molecular weight is 329 g/mol. The third-order valence-corrected chi connectivity index (χ3v) is 4.32. The SMILES string of the molecule is COc1cccc(COc2ccnc3sc(C(=O)NN)cc23)c1. The van der Waals surface area contributed by atoms with E-state index in [-0.39, 0.29) is 5.91 Å². The van der Waals surface area contributed by atoms with E-state index in [1.807, 2.05) is 24.3 Å². The van der Waals surface area contributed by atoms with Gasteiger partial charge in [-0.1, -0.05) is 12.1 Å². The summed E-state index contributed by atoms with van der Waals surface area (Å²) in [7, 11) is 1.63. The molecule has 1 aromatic carbocycles. The number of nitrogens with zero attached hydrogens (tertiary/aromatic N) is 1. The zero-order chi connectivity index (χ0) is 16.2. The maximum Gasteiger partial charge on any atom is 0.275 e. The molecule has 6 nitrogen and oxygen atoms in total. The molecule has 0 radical (unpaired) electrons. The number of aromatic nitrogens is 1. The van der Waals surface area contributed by atoms with Gasteiger partial charge >= 0.3 is 0 Å². The molecule has 2 heterocycles. The van der Waals surface area contributed by atoms with Crippen molar-refractivity contribution in [3.05, 3.63) is 53.0 Å². The molecule has 2 aromatic heterocycles. The van der Waals surface area contributed by atoms with Crippen molar-refractivity contribution in [3.63, 3.8) is 0 Å². The fourth-order valence-corrected chi connectivity index (χ4v) is 3.07. The van der Waals surface area contributed by atoms with E-state index in [0.29, 0.717) is 17.2 Å². The molecule has 0 aliphatic rings. The Morgan fingerprint density at radius 2 is 2.22 bits per heavy atom. The van der Waals surface area contributed by atoms with Crippen molar-refractivity contribution in [1.82, 2.24) is 10.4 Å². The van der Waals surface area contributed by atoms with Crippen LogP contribution in [0.25, 0.3) is 10.2 Å². The van der Waals surface area contributed by atoms with Gasteiger partial charge in [-0.3, -0.25) is 10.2 Å². The summed E-state index contributed by atoms with van der Waals surface area (Å²) in [5.41, 5.74) is 3.11. The molecule has 118 valence electrons. The van der Waals surface area contributed by atoms with Crippen molar-refractivity contribution in [2.45, 2.75) is 6.61 Å². The van der Waals surface area contributed by atoms with Crippen LogP contribution in [0.2, 0.25) is 0 Å². The second-order valence-electron chi connectivity index (χ2n) is 4.75. The standard InChI is InChI=1S/C16H15N3O3S/c1-21-11-4-2-3-10(7-11)9-22-13-5-6-18-16-12(13)8-14(23-16)15(20)19-17/h2-8H,9,17H2,1H3,(H,19,20). The highest BCUT2D eigenvalue weighted by Crippen LogP contribution is 2.31. The number of hydrazine groups is 1. The Morgan fingerprint density at radius 1 is 1.35 bits per heavy atom. The topological polar surface area (TPSA) is 86.5 Å². The van der Waals surface area contributed by atoms with Gasteiger partial charge in [0.15, 0.2) is 0 Å². The van der Waals surface area contributed by atoms with Crippen LogP contribution in [0.15, 0.2) is 42.6 Å². The molecule has 0 fully saturated rings. The number of pyridine rings is 1. The number of carbonyl (C=O) groups excluding carboxylic acids is 1. The number of carbonyl (C=O) groups is 1. The van der Waals surface area contributed by atoms with Gasteiger partial charge < -0.3 is 9.47 Å². The number of rotatable bonds is 5. The summed E-state index contributed by atoms with van der Waals surface area (Å²) in [5.74, 6) is 6.28. The van der Waals surface area contributed by atoms with E-state index in [1.165, 1.54) is 11.3 Å². The summed E-state index contributed by atoms with van der Waals surface area (Å²) in [6.45, 7) is 0.393. The minimum Gasteiger partial charge on any atom is -0.497 e. The highest BCUT2D eigenvalue weighted by molar-refractivity contribution is 7.20. The zero-order valence-electron chi connectivity index (χ0n) is 12.4. The third kappa shape index (κ3) is 3.25. The fraction of sp³-hybridized carbons (Fsp3) is 0.125. The lowest BCUT2D eigenvalue weighted by Gasteiger charge is -2.08. The molecule has 23 heavy (non-hydrogen) atoms. The van der Waals surface area contributed by atoms with Crippen LogP contribution >= 0.6 is 11.3 Å². The molecule has 0 spiro atoms. The van der Waals surface area contributed by atoms with E-state index in [1.54, 1.807) is 25.4 Å². The highest BCUT2D eigenvalue weighted by Gasteiger charge is 2.13. The average Bonchev–Trinajstić information content (AvgIpc) is 3.04. The number of ether oxygens (including phenoxy) is 2. The summed E-state index contributed by atoms with van der Waals surface area (Å²) in [4.78, 5) is 17.1. The van der Waals surface area contributed by atoms with Gasteiger partial charge in [0.05, 0.1) is 17.4 Å².